The molecule has 3 amide bonds. The van der Waals surface area contributed by atoms with Crippen LogP contribution >= 0.6 is 23.2 Å². The number of nitro benzene ring substituents is 1. The Bertz CT molecular complexity index is 1120. The monoisotopic (exact) mass is 473 g/mol. The fourth-order valence-corrected chi connectivity index (χ4v) is 4.41. The number of carbonyl (C=O) groups excluding carboxylic acids is 3. The van der Waals surface area contributed by atoms with Crippen molar-refractivity contribution in [2.24, 2.45) is 11.8 Å². The van der Waals surface area contributed by atoms with Crippen molar-refractivity contribution in [2.75, 3.05) is 0 Å². The summed E-state index contributed by atoms with van der Waals surface area (Å²) in [5.41, 5.74) is 0.397. The van der Waals surface area contributed by atoms with Gasteiger partial charge in [-0.1, -0.05) is 41.4 Å². The molecule has 0 bridgehead atoms. The lowest BCUT2D eigenvalue weighted by atomic mass is 9.85. The molecule has 0 saturated carbocycles. The quantitative estimate of drug-likeness (QED) is 0.277. The summed E-state index contributed by atoms with van der Waals surface area (Å²) in [6, 6.07) is 9.67. The zero-order valence-corrected chi connectivity index (χ0v) is 18.1. The van der Waals surface area contributed by atoms with Crippen molar-refractivity contribution in [1.82, 2.24) is 10.0 Å². The Kier molecular flexibility index (Phi) is 5.99. The van der Waals surface area contributed by atoms with Gasteiger partial charge in [-0.05, 0) is 42.7 Å². The van der Waals surface area contributed by atoms with Crippen molar-refractivity contribution in [2.45, 2.75) is 19.4 Å². The van der Waals surface area contributed by atoms with Crippen LogP contribution in [0, 0.1) is 22.0 Å². The Balaban J connectivity index is 1.72. The molecule has 0 unspecified atom stereocenters. The molecule has 1 aliphatic carbocycles. The van der Waals surface area contributed by atoms with Crippen LogP contribution in [0.1, 0.15) is 28.8 Å². The van der Waals surface area contributed by atoms with E-state index in [1.54, 1.807) is 12.1 Å². The smallest absolute Gasteiger partial charge is 0.272 e. The lowest BCUT2D eigenvalue weighted by Gasteiger charge is -2.31. The molecule has 1 saturated heterocycles. The van der Waals surface area contributed by atoms with Crippen LogP contribution < -0.4 is 0 Å². The third kappa shape index (κ3) is 3.99. The number of non-ortho nitro benzene ring substituents is 1. The van der Waals surface area contributed by atoms with E-state index in [9.17, 15) is 24.5 Å². The standard InChI is InChI=1S/C22H17Cl2N3O5/c23-15-8-5-14(19(24)11-15)12-25(20(28)13-6-9-16(10-7-13)27(31)32)26-21(29)17-3-1-2-4-18(17)22(26)30/h1-2,5-11,17-18H,3-4,12H2/t17-,18-/m0/s1. The molecule has 32 heavy (non-hydrogen) atoms. The van der Waals surface area contributed by atoms with E-state index in [1.165, 1.54) is 30.3 Å². The molecular formula is C22H17Cl2N3O5. The van der Waals surface area contributed by atoms with Crippen LogP contribution in [0.3, 0.4) is 0 Å². The average Bonchev–Trinajstić information content (AvgIpc) is 3.03. The van der Waals surface area contributed by atoms with Crippen molar-refractivity contribution < 1.29 is 19.3 Å². The molecule has 8 nitrogen and oxygen atoms in total. The van der Waals surface area contributed by atoms with E-state index in [0.717, 1.165) is 10.0 Å². The predicted octanol–water partition coefficient (Wildman–Crippen LogP) is 4.41. The summed E-state index contributed by atoms with van der Waals surface area (Å²) in [5.74, 6) is -2.62. The van der Waals surface area contributed by atoms with E-state index in [2.05, 4.69) is 0 Å². The van der Waals surface area contributed by atoms with E-state index >= 15 is 0 Å². The fraction of sp³-hybridized carbons (Fsp3) is 0.227. The van der Waals surface area contributed by atoms with Crippen LogP contribution in [0.25, 0.3) is 0 Å². The first-order valence-electron chi connectivity index (χ1n) is 9.81. The second-order valence-electron chi connectivity index (χ2n) is 7.55. The first-order valence-corrected chi connectivity index (χ1v) is 10.6. The number of benzene rings is 2. The molecule has 4 rings (SSSR count). The minimum Gasteiger partial charge on any atom is -0.272 e. The highest BCUT2D eigenvalue weighted by Gasteiger charge is 2.50. The lowest BCUT2D eigenvalue weighted by molar-refractivity contribution is -0.384. The second kappa shape index (κ2) is 8.72. The lowest BCUT2D eigenvalue weighted by Crippen LogP contribution is -2.49. The number of hydrogen-bond acceptors (Lipinski definition) is 5. The van der Waals surface area contributed by atoms with Crippen LogP contribution in [0.4, 0.5) is 5.69 Å². The van der Waals surface area contributed by atoms with Gasteiger partial charge in [0.1, 0.15) is 0 Å². The molecule has 1 heterocycles. The summed E-state index contributed by atoms with van der Waals surface area (Å²) in [5, 5.41) is 13.6. The topological polar surface area (TPSA) is 101 Å². The summed E-state index contributed by atoms with van der Waals surface area (Å²) in [6.07, 6.45) is 4.56. The summed E-state index contributed by atoms with van der Waals surface area (Å²) in [6.45, 7) is -0.157. The molecule has 2 atom stereocenters. The Morgan fingerprint density at radius 1 is 1.03 bits per heavy atom. The molecular weight excluding hydrogens is 457 g/mol. The summed E-state index contributed by atoms with van der Waals surface area (Å²) >= 11 is 12.2. The van der Waals surface area contributed by atoms with Gasteiger partial charge in [0, 0.05) is 27.7 Å². The fourth-order valence-electron chi connectivity index (χ4n) is 3.94. The van der Waals surface area contributed by atoms with Crippen LogP contribution in [-0.4, -0.2) is 32.7 Å². The van der Waals surface area contributed by atoms with Gasteiger partial charge in [-0.3, -0.25) is 24.5 Å². The number of halogens is 2. The SMILES string of the molecule is O=C(c1ccc([N+](=O)[O-])cc1)N(Cc1ccc(Cl)cc1Cl)N1C(=O)[C@H]2CC=CC[C@@H]2C1=O. The van der Waals surface area contributed by atoms with Crippen molar-refractivity contribution >= 4 is 46.6 Å². The zero-order chi connectivity index (χ0) is 23.0. The minimum atomic E-state index is -0.653. The highest BCUT2D eigenvalue weighted by Crippen LogP contribution is 2.37. The van der Waals surface area contributed by atoms with Gasteiger partial charge >= 0.3 is 0 Å². The number of allylic oxidation sites excluding steroid dienone is 2. The maximum Gasteiger partial charge on any atom is 0.273 e. The number of amides is 3. The van der Waals surface area contributed by atoms with Gasteiger partial charge in [0.25, 0.3) is 23.4 Å². The minimum absolute atomic E-state index is 0.0919. The molecule has 0 radical (unpaired) electrons. The number of hydrazine groups is 1. The number of fused-ring (bicyclic) bond motifs is 1. The van der Waals surface area contributed by atoms with Crippen molar-refractivity contribution in [3.8, 4) is 0 Å². The molecule has 2 aromatic carbocycles. The van der Waals surface area contributed by atoms with Crippen LogP contribution in [0.2, 0.25) is 10.0 Å². The van der Waals surface area contributed by atoms with Crippen molar-refractivity contribution in [3.63, 3.8) is 0 Å². The van der Waals surface area contributed by atoms with Crippen LogP contribution in [-0.2, 0) is 16.1 Å². The third-order valence-electron chi connectivity index (χ3n) is 5.62. The van der Waals surface area contributed by atoms with E-state index in [4.69, 9.17) is 23.2 Å². The molecule has 2 aliphatic rings. The molecule has 0 spiro atoms. The van der Waals surface area contributed by atoms with E-state index < -0.39 is 34.5 Å². The maximum absolute atomic E-state index is 13.4. The van der Waals surface area contributed by atoms with Gasteiger partial charge in [0.05, 0.1) is 23.3 Å². The Morgan fingerprint density at radius 2 is 1.62 bits per heavy atom. The average molecular weight is 474 g/mol. The van der Waals surface area contributed by atoms with E-state index in [1.807, 2.05) is 12.2 Å². The Morgan fingerprint density at radius 3 is 2.16 bits per heavy atom. The largest absolute Gasteiger partial charge is 0.273 e. The molecule has 0 aromatic heterocycles. The normalized spacial score (nSPS) is 19.8. The van der Waals surface area contributed by atoms with Gasteiger partial charge in [0.15, 0.2) is 0 Å². The van der Waals surface area contributed by atoms with Crippen molar-refractivity contribution in [3.05, 3.63) is 85.9 Å². The van der Waals surface area contributed by atoms with Gasteiger partial charge in [-0.25, -0.2) is 5.01 Å². The van der Waals surface area contributed by atoms with Gasteiger partial charge < -0.3 is 0 Å². The maximum atomic E-state index is 13.4. The van der Waals surface area contributed by atoms with Gasteiger partial charge in [-0.15, -0.1) is 0 Å². The number of carbonyl (C=O) groups is 3. The number of nitro groups is 1. The van der Waals surface area contributed by atoms with Crippen LogP contribution in [0.15, 0.2) is 54.6 Å². The van der Waals surface area contributed by atoms with E-state index in [0.29, 0.717) is 23.4 Å². The molecule has 164 valence electrons. The number of nitrogens with zero attached hydrogens (tertiary/aromatic N) is 3. The molecule has 1 aliphatic heterocycles. The predicted molar refractivity (Wildman–Crippen MR) is 117 cm³/mol. The first-order chi connectivity index (χ1) is 15.3. The molecule has 10 heteroatoms. The molecule has 2 aromatic rings. The first kappa shape index (κ1) is 22.0. The number of hydrogen-bond donors (Lipinski definition) is 0. The Hall–Kier alpha value is -3.23. The number of rotatable bonds is 5. The Labute approximate surface area is 193 Å². The zero-order valence-electron chi connectivity index (χ0n) is 16.6. The van der Waals surface area contributed by atoms with Gasteiger partial charge in [0.2, 0.25) is 0 Å². The number of imide groups is 1. The highest BCUT2D eigenvalue weighted by atomic mass is 35.5. The van der Waals surface area contributed by atoms with E-state index in [-0.39, 0.29) is 22.8 Å². The summed E-state index contributed by atoms with van der Waals surface area (Å²) in [7, 11) is 0. The van der Waals surface area contributed by atoms with Gasteiger partial charge in [-0.2, -0.15) is 5.01 Å². The summed E-state index contributed by atoms with van der Waals surface area (Å²) < 4.78 is 0. The second-order valence-corrected chi connectivity index (χ2v) is 8.39. The molecule has 0 N–H and O–H groups in total. The summed E-state index contributed by atoms with van der Waals surface area (Å²) in [4.78, 5) is 50.0. The highest BCUT2D eigenvalue weighted by molar-refractivity contribution is 6.35. The van der Waals surface area contributed by atoms with Crippen LogP contribution in [0.5, 0.6) is 0 Å². The third-order valence-corrected chi connectivity index (χ3v) is 6.21. The van der Waals surface area contributed by atoms with Crippen molar-refractivity contribution in [1.29, 1.82) is 0 Å². The molecule has 1 fully saturated rings.